The summed E-state index contributed by atoms with van der Waals surface area (Å²) in [5.41, 5.74) is 0.720. The molecule has 2 atom stereocenters. The van der Waals surface area contributed by atoms with Crippen LogP contribution in [0.4, 0.5) is 13.2 Å². The molecule has 1 aliphatic heterocycles. The SMILES string of the molecule is Cc1[nH]nc2ccc(C3C(C#N)=C(c4ccc(Cl)cc4)N=C(C(F)(F)F)C3C#N)cc12. The smallest absolute Gasteiger partial charge is 0.282 e. The molecule has 1 aliphatic rings. The van der Waals surface area contributed by atoms with Crippen LogP contribution in [0.25, 0.3) is 16.6 Å². The Bertz CT molecular complexity index is 1320. The van der Waals surface area contributed by atoms with Crippen molar-refractivity contribution < 1.29 is 13.2 Å². The number of halogens is 4. The number of rotatable bonds is 2. The Morgan fingerprint density at radius 3 is 2.42 bits per heavy atom. The second kappa shape index (κ2) is 7.57. The van der Waals surface area contributed by atoms with Gasteiger partial charge in [0.15, 0.2) is 0 Å². The van der Waals surface area contributed by atoms with Crippen LogP contribution in [-0.2, 0) is 0 Å². The minimum absolute atomic E-state index is 0.0117. The summed E-state index contributed by atoms with van der Waals surface area (Å²) in [6, 6.07) is 14.7. The second-order valence-corrected chi connectivity index (χ2v) is 7.52. The molecule has 0 radical (unpaired) electrons. The van der Waals surface area contributed by atoms with E-state index >= 15 is 0 Å². The zero-order valence-corrected chi connectivity index (χ0v) is 16.8. The highest BCUT2D eigenvalue weighted by Gasteiger charge is 2.48. The monoisotopic (exact) mass is 439 g/mol. The number of aromatic nitrogens is 2. The molecule has 1 aromatic heterocycles. The van der Waals surface area contributed by atoms with Crippen molar-refractivity contribution in [3.63, 3.8) is 0 Å². The molecule has 4 rings (SSSR count). The minimum atomic E-state index is -4.84. The molecular formula is C22H13ClF3N5. The molecule has 0 bridgehead atoms. The summed E-state index contributed by atoms with van der Waals surface area (Å²) >= 11 is 5.90. The van der Waals surface area contributed by atoms with Crippen molar-refractivity contribution in [1.82, 2.24) is 10.2 Å². The van der Waals surface area contributed by atoms with Crippen molar-refractivity contribution >= 4 is 33.9 Å². The maximum atomic E-state index is 13.9. The third kappa shape index (κ3) is 3.56. The van der Waals surface area contributed by atoms with Crippen LogP contribution >= 0.6 is 11.6 Å². The van der Waals surface area contributed by atoms with Crippen molar-refractivity contribution in [2.45, 2.75) is 19.0 Å². The number of alkyl halides is 3. The van der Waals surface area contributed by atoms with Gasteiger partial charge < -0.3 is 0 Å². The van der Waals surface area contributed by atoms with Gasteiger partial charge in [0, 0.05) is 27.6 Å². The molecule has 31 heavy (non-hydrogen) atoms. The summed E-state index contributed by atoms with van der Waals surface area (Å²) in [5.74, 6) is -2.82. The van der Waals surface area contributed by atoms with E-state index in [1.165, 1.54) is 24.3 Å². The number of fused-ring (bicyclic) bond motifs is 1. The maximum absolute atomic E-state index is 13.9. The number of hydrogen-bond donors (Lipinski definition) is 1. The van der Waals surface area contributed by atoms with Gasteiger partial charge in [0.1, 0.15) is 11.6 Å². The topological polar surface area (TPSA) is 88.6 Å². The van der Waals surface area contributed by atoms with E-state index < -0.39 is 23.7 Å². The number of H-pyrrole nitrogens is 1. The Morgan fingerprint density at radius 2 is 1.81 bits per heavy atom. The van der Waals surface area contributed by atoms with Crippen molar-refractivity contribution in [1.29, 1.82) is 10.5 Å². The number of nitriles is 2. The molecule has 3 aromatic rings. The number of aromatic amines is 1. The molecule has 154 valence electrons. The Morgan fingerprint density at radius 1 is 1.10 bits per heavy atom. The van der Waals surface area contributed by atoms with Gasteiger partial charge in [0.05, 0.1) is 28.9 Å². The molecule has 0 aliphatic carbocycles. The van der Waals surface area contributed by atoms with Gasteiger partial charge in [-0.3, -0.25) is 5.10 Å². The number of allylic oxidation sites excluding steroid dienone is 1. The molecule has 0 saturated carbocycles. The third-order valence-corrected chi connectivity index (χ3v) is 5.47. The summed E-state index contributed by atoms with van der Waals surface area (Å²) in [6.45, 7) is 1.78. The van der Waals surface area contributed by atoms with E-state index in [-0.39, 0.29) is 11.3 Å². The minimum Gasteiger partial charge on any atom is -0.282 e. The summed E-state index contributed by atoms with van der Waals surface area (Å²) in [6.07, 6.45) is -4.84. The van der Waals surface area contributed by atoms with Crippen LogP contribution in [0, 0.1) is 35.5 Å². The summed E-state index contributed by atoms with van der Waals surface area (Å²) in [7, 11) is 0. The Hall–Kier alpha value is -3.62. The van der Waals surface area contributed by atoms with Gasteiger partial charge in [0.25, 0.3) is 0 Å². The molecule has 0 fully saturated rings. The van der Waals surface area contributed by atoms with Crippen LogP contribution in [0.5, 0.6) is 0 Å². The third-order valence-electron chi connectivity index (χ3n) is 5.22. The fraction of sp³-hybridized carbons (Fsp3) is 0.182. The van der Waals surface area contributed by atoms with Crippen molar-refractivity contribution in [3.8, 4) is 12.1 Å². The quantitative estimate of drug-likeness (QED) is 0.555. The summed E-state index contributed by atoms with van der Waals surface area (Å²) in [4.78, 5) is 3.77. The van der Waals surface area contributed by atoms with E-state index in [9.17, 15) is 23.7 Å². The molecule has 0 spiro atoms. The van der Waals surface area contributed by atoms with Gasteiger partial charge in [-0.2, -0.15) is 28.8 Å². The van der Waals surface area contributed by atoms with Gasteiger partial charge in [-0.25, -0.2) is 4.99 Å². The fourth-order valence-electron chi connectivity index (χ4n) is 3.76. The maximum Gasteiger partial charge on any atom is 0.430 e. The molecule has 2 heterocycles. The first-order valence-corrected chi connectivity index (χ1v) is 9.52. The number of benzene rings is 2. The molecule has 0 saturated heterocycles. The lowest BCUT2D eigenvalue weighted by molar-refractivity contribution is -0.0622. The van der Waals surface area contributed by atoms with Crippen LogP contribution in [-0.4, -0.2) is 22.1 Å². The first-order chi connectivity index (χ1) is 14.7. The molecule has 5 nitrogen and oxygen atoms in total. The highest BCUT2D eigenvalue weighted by atomic mass is 35.5. The van der Waals surface area contributed by atoms with Gasteiger partial charge in [-0.15, -0.1) is 0 Å². The van der Waals surface area contributed by atoms with Crippen LogP contribution in [0.1, 0.15) is 22.7 Å². The standard InChI is InChI=1S/C22H13ClF3N5/c1-11-15-8-13(4-7-18(15)31-30-11)19-16(9-27)20(12-2-5-14(23)6-3-12)29-21(17(19)10-28)22(24,25)26/h2-8,17,19H,1H3,(H,30,31). The van der Waals surface area contributed by atoms with Gasteiger partial charge in [-0.1, -0.05) is 29.8 Å². The van der Waals surface area contributed by atoms with Gasteiger partial charge in [-0.05, 0) is 36.8 Å². The van der Waals surface area contributed by atoms with Gasteiger partial charge in [0.2, 0.25) is 0 Å². The molecule has 2 aromatic carbocycles. The van der Waals surface area contributed by atoms with Gasteiger partial charge >= 0.3 is 6.18 Å². The van der Waals surface area contributed by atoms with Crippen molar-refractivity contribution in [3.05, 3.63) is 69.9 Å². The predicted molar refractivity (Wildman–Crippen MR) is 110 cm³/mol. The average molecular weight is 440 g/mol. The van der Waals surface area contributed by atoms with Crippen LogP contribution in [0.3, 0.4) is 0 Å². The van der Waals surface area contributed by atoms with Crippen molar-refractivity contribution in [2.24, 2.45) is 10.9 Å². The zero-order valence-electron chi connectivity index (χ0n) is 16.0. The van der Waals surface area contributed by atoms with E-state index in [1.807, 2.05) is 6.07 Å². The molecule has 9 heteroatoms. The Labute approximate surface area is 180 Å². The summed E-state index contributed by atoms with van der Waals surface area (Å²) in [5, 5.41) is 27.7. The second-order valence-electron chi connectivity index (χ2n) is 7.09. The lowest BCUT2D eigenvalue weighted by Crippen LogP contribution is -2.36. The van der Waals surface area contributed by atoms with E-state index in [1.54, 1.807) is 31.2 Å². The highest BCUT2D eigenvalue weighted by Crippen LogP contribution is 2.45. The van der Waals surface area contributed by atoms with Crippen LogP contribution in [0.15, 0.2) is 53.0 Å². The lowest BCUT2D eigenvalue weighted by Gasteiger charge is -2.30. The first kappa shape index (κ1) is 20.6. The lowest BCUT2D eigenvalue weighted by atomic mass is 9.75. The number of nitrogens with one attached hydrogen (secondary N) is 1. The molecule has 2 unspecified atom stereocenters. The Balaban J connectivity index is 2.01. The van der Waals surface area contributed by atoms with E-state index in [0.717, 1.165) is 5.69 Å². The molecular weight excluding hydrogens is 427 g/mol. The number of hydrogen-bond acceptors (Lipinski definition) is 4. The number of aliphatic imine (C=N–C) groups is 1. The van der Waals surface area contributed by atoms with Crippen molar-refractivity contribution in [2.75, 3.05) is 0 Å². The van der Waals surface area contributed by atoms with E-state index in [0.29, 0.717) is 27.1 Å². The summed E-state index contributed by atoms with van der Waals surface area (Å²) < 4.78 is 41.7. The number of nitrogens with zero attached hydrogens (tertiary/aromatic N) is 4. The molecule has 0 amide bonds. The highest BCUT2D eigenvalue weighted by molar-refractivity contribution is 6.30. The Kier molecular flexibility index (Phi) is 5.04. The normalized spacial score (nSPS) is 19.1. The first-order valence-electron chi connectivity index (χ1n) is 9.15. The molecule has 1 N–H and O–H groups in total. The largest absolute Gasteiger partial charge is 0.430 e. The zero-order chi connectivity index (χ0) is 22.3. The predicted octanol–water partition coefficient (Wildman–Crippen LogP) is 5.70. The van der Waals surface area contributed by atoms with E-state index in [4.69, 9.17) is 11.6 Å². The van der Waals surface area contributed by atoms with E-state index in [2.05, 4.69) is 15.2 Å². The van der Waals surface area contributed by atoms with Crippen LogP contribution in [0.2, 0.25) is 5.02 Å². The fourth-order valence-corrected chi connectivity index (χ4v) is 3.88. The number of aryl methyl sites for hydroxylation is 1. The average Bonchev–Trinajstić information content (AvgIpc) is 3.12. The van der Waals surface area contributed by atoms with Crippen LogP contribution < -0.4 is 0 Å².